The number of furan rings is 1. The average molecular weight is 248 g/mol. The lowest BCUT2D eigenvalue weighted by Crippen LogP contribution is -2.15. The number of nitrogens with one attached hydrogen (secondary N) is 1. The van der Waals surface area contributed by atoms with Gasteiger partial charge < -0.3 is 15.5 Å². The summed E-state index contributed by atoms with van der Waals surface area (Å²) < 4.78 is 18.5. The minimum absolute atomic E-state index is 0.172. The van der Waals surface area contributed by atoms with Crippen molar-refractivity contribution in [1.29, 1.82) is 0 Å². The number of benzene rings is 1. The molecule has 0 fully saturated rings. The molecule has 1 heterocycles. The number of halogens is 1. The molecule has 94 valence electrons. The van der Waals surface area contributed by atoms with Gasteiger partial charge in [-0.15, -0.1) is 0 Å². The second-order valence-electron chi connectivity index (χ2n) is 3.91. The number of hydrogen-bond donors (Lipinski definition) is 2. The first-order chi connectivity index (χ1) is 8.66. The van der Waals surface area contributed by atoms with Gasteiger partial charge in [0, 0.05) is 29.8 Å². The van der Waals surface area contributed by atoms with Crippen molar-refractivity contribution in [3.63, 3.8) is 0 Å². The van der Waals surface area contributed by atoms with Crippen molar-refractivity contribution < 1.29 is 13.6 Å². The van der Waals surface area contributed by atoms with Crippen LogP contribution in [0.15, 0.2) is 41.2 Å². The molecule has 1 aromatic heterocycles. The van der Waals surface area contributed by atoms with E-state index >= 15 is 0 Å². The number of hydrogen-bond acceptors (Lipinski definition) is 3. The molecule has 0 spiro atoms. The first-order valence-electron chi connectivity index (χ1n) is 5.47. The van der Waals surface area contributed by atoms with Crippen LogP contribution in [-0.4, -0.2) is 5.91 Å². The Morgan fingerprint density at radius 3 is 2.78 bits per heavy atom. The Balaban J connectivity index is 1.95. The van der Waals surface area contributed by atoms with Gasteiger partial charge in [0.2, 0.25) is 5.91 Å². The maximum Gasteiger partial charge on any atom is 0.248 e. The van der Waals surface area contributed by atoms with E-state index in [9.17, 15) is 9.18 Å². The average Bonchev–Trinajstić information content (AvgIpc) is 2.84. The summed E-state index contributed by atoms with van der Waals surface area (Å²) >= 11 is 0. The van der Waals surface area contributed by atoms with E-state index in [-0.39, 0.29) is 5.56 Å². The highest BCUT2D eigenvalue weighted by Gasteiger charge is 2.06. The molecular formula is C13H13FN2O2. The maximum absolute atomic E-state index is 13.6. The van der Waals surface area contributed by atoms with Crippen LogP contribution >= 0.6 is 0 Å². The summed E-state index contributed by atoms with van der Waals surface area (Å²) in [6.07, 6.45) is 3.21. The summed E-state index contributed by atoms with van der Waals surface area (Å²) in [4.78, 5) is 10.9. The zero-order valence-electron chi connectivity index (χ0n) is 9.65. The molecule has 2 rings (SSSR count). The van der Waals surface area contributed by atoms with Crippen molar-refractivity contribution in [3.8, 4) is 0 Å². The number of carbonyl (C=O) groups excluding carboxylic acids is 1. The zero-order valence-corrected chi connectivity index (χ0v) is 9.65. The van der Waals surface area contributed by atoms with Gasteiger partial charge in [-0.1, -0.05) is 6.07 Å². The van der Waals surface area contributed by atoms with E-state index in [4.69, 9.17) is 10.2 Å². The molecule has 0 aliphatic heterocycles. The Bertz CT molecular complexity index is 538. The van der Waals surface area contributed by atoms with Gasteiger partial charge in [0.1, 0.15) is 5.82 Å². The first kappa shape index (κ1) is 12.3. The molecule has 0 unspecified atom stereocenters. The predicted octanol–water partition coefficient (Wildman–Crippen LogP) is 1.81. The fourth-order valence-corrected chi connectivity index (χ4v) is 1.58. The Kier molecular flexibility index (Phi) is 3.74. The molecule has 3 N–H and O–H groups in total. The van der Waals surface area contributed by atoms with E-state index in [1.807, 2.05) is 6.07 Å². The summed E-state index contributed by atoms with van der Waals surface area (Å²) in [6, 6.07) is 6.05. The largest absolute Gasteiger partial charge is 0.472 e. The number of nitrogens with two attached hydrogens (primary N) is 1. The fourth-order valence-electron chi connectivity index (χ4n) is 1.58. The molecule has 0 saturated carbocycles. The highest BCUT2D eigenvalue weighted by atomic mass is 19.1. The second-order valence-corrected chi connectivity index (χ2v) is 3.91. The molecule has 18 heavy (non-hydrogen) atoms. The van der Waals surface area contributed by atoms with Gasteiger partial charge in [0.05, 0.1) is 12.5 Å². The SMILES string of the molecule is NC(=O)c1ccc(CNCc2ccoc2)c(F)c1. The fraction of sp³-hybridized carbons (Fsp3) is 0.154. The van der Waals surface area contributed by atoms with E-state index in [1.54, 1.807) is 18.6 Å². The summed E-state index contributed by atoms with van der Waals surface area (Å²) in [7, 11) is 0. The zero-order chi connectivity index (χ0) is 13.0. The maximum atomic E-state index is 13.6. The lowest BCUT2D eigenvalue weighted by atomic mass is 10.1. The topological polar surface area (TPSA) is 68.3 Å². The Labute approximate surface area is 104 Å². The molecule has 0 aliphatic rings. The summed E-state index contributed by atoms with van der Waals surface area (Å²) in [6.45, 7) is 0.962. The Hall–Kier alpha value is -2.14. The van der Waals surface area contributed by atoms with E-state index < -0.39 is 11.7 Å². The normalized spacial score (nSPS) is 10.5. The molecule has 0 aliphatic carbocycles. The molecule has 2 aromatic rings. The summed E-state index contributed by atoms with van der Waals surface area (Å²) in [5, 5.41) is 3.08. The van der Waals surface area contributed by atoms with Crippen molar-refractivity contribution in [1.82, 2.24) is 5.32 Å². The van der Waals surface area contributed by atoms with Gasteiger partial charge in [-0.2, -0.15) is 0 Å². The highest BCUT2D eigenvalue weighted by molar-refractivity contribution is 5.92. The molecule has 1 amide bonds. The van der Waals surface area contributed by atoms with Gasteiger partial charge in [-0.25, -0.2) is 4.39 Å². The monoisotopic (exact) mass is 248 g/mol. The minimum Gasteiger partial charge on any atom is -0.472 e. The smallest absolute Gasteiger partial charge is 0.248 e. The van der Waals surface area contributed by atoms with Crippen LogP contribution in [0.4, 0.5) is 4.39 Å². The third-order valence-electron chi connectivity index (χ3n) is 2.56. The third-order valence-corrected chi connectivity index (χ3v) is 2.56. The summed E-state index contributed by atoms with van der Waals surface area (Å²) in [5.74, 6) is -1.07. The van der Waals surface area contributed by atoms with Crippen LogP contribution in [0.2, 0.25) is 0 Å². The Morgan fingerprint density at radius 1 is 1.33 bits per heavy atom. The lowest BCUT2D eigenvalue weighted by molar-refractivity contribution is 0.1000. The van der Waals surface area contributed by atoms with E-state index in [0.717, 1.165) is 11.6 Å². The standard InChI is InChI=1S/C13H13FN2O2/c14-12-5-10(13(15)17)1-2-11(12)7-16-6-9-3-4-18-8-9/h1-5,8,16H,6-7H2,(H2,15,17). The van der Waals surface area contributed by atoms with Crippen molar-refractivity contribution in [2.24, 2.45) is 5.73 Å². The molecule has 0 bridgehead atoms. The molecular weight excluding hydrogens is 235 g/mol. The van der Waals surface area contributed by atoms with Crippen LogP contribution in [0.25, 0.3) is 0 Å². The predicted molar refractivity (Wildman–Crippen MR) is 64.2 cm³/mol. The first-order valence-corrected chi connectivity index (χ1v) is 5.47. The van der Waals surface area contributed by atoms with E-state index in [2.05, 4.69) is 5.32 Å². The number of carbonyl (C=O) groups is 1. The van der Waals surface area contributed by atoms with Crippen molar-refractivity contribution >= 4 is 5.91 Å². The number of primary amides is 1. The lowest BCUT2D eigenvalue weighted by Gasteiger charge is -2.05. The number of rotatable bonds is 5. The quantitative estimate of drug-likeness (QED) is 0.847. The van der Waals surface area contributed by atoms with E-state index in [0.29, 0.717) is 18.7 Å². The van der Waals surface area contributed by atoms with Crippen LogP contribution in [-0.2, 0) is 13.1 Å². The van der Waals surface area contributed by atoms with Gasteiger partial charge in [-0.05, 0) is 18.2 Å². The molecule has 0 radical (unpaired) electrons. The highest BCUT2D eigenvalue weighted by Crippen LogP contribution is 2.10. The third kappa shape index (κ3) is 2.95. The van der Waals surface area contributed by atoms with Crippen LogP contribution in [0.3, 0.4) is 0 Å². The molecule has 5 heteroatoms. The molecule has 0 saturated heterocycles. The van der Waals surface area contributed by atoms with Crippen LogP contribution < -0.4 is 11.1 Å². The minimum atomic E-state index is -0.633. The van der Waals surface area contributed by atoms with Crippen molar-refractivity contribution in [2.45, 2.75) is 13.1 Å². The second kappa shape index (κ2) is 5.46. The summed E-state index contributed by atoms with van der Waals surface area (Å²) in [5.41, 5.74) is 6.72. The van der Waals surface area contributed by atoms with Gasteiger partial charge >= 0.3 is 0 Å². The van der Waals surface area contributed by atoms with Gasteiger partial charge in [-0.3, -0.25) is 4.79 Å². The molecule has 1 aromatic carbocycles. The van der Waals surface area contributed by atoms with Crippen LogP contribution in [0, 0.1) is 5.82 Å². The van der Waals surface area contributed by atoms with Crippen molar-refractivity contribution in [3.05, 3.63) is 59.3 Å². The van der Waals surface area contributed by atoms with E-state index in [1.165, 1.54) is 6.07 Å². The Morgan fingerprint density at radius 2 is 2.17 bits per heavy atom. The van der Waals surface area contributed by atoms with Crippen LogP contribution in [0.1, 0.15) is 21.5 Å². The van der Waals surface area contributed by atoms with Gasteiger partial charge in [0.15, 0.2) is 0 Å². The molecule has 4 nitrogen and oxygen atoms in total. The van der Waals surface area contributed by atoms with Gasteiger partial charge in [0.25, 0.3) is 0 Å². The molecule has 0 atom stereocenters. The van der Waals surface area contributed by atoms with Crippen LogP contribution in [0.5, 0.6) is 0 Å². The van der Waals surface area contributed by atoms with Crippen molar-refractivity contribution in [2.75, 3.05) is 0 Å². The number of amides is 1.